The maximum Gasteiger partial charge on any atom is 0.317 e. The highest BCUT2D eigenvalue weighted by Crippen LogP contribution is 2.26. The van der Waals surface area contributed by atoms with E-state index in [1.165, 1.54) is 5.56 Å². The molecular formula is C16H24N2O3. The van der Waals surface area contributed by atoms with Gasteiger partial charge in [0.05, 0.1) is 0 Å². The second kappa shape index (κ2) is 7.43. The van der Waals surface area contributed by atoms with Crippen LogP contribution in [0.15, 0.2) is 30.3 Å². The Morgan fingerprint density at radius 3 is 2.38 bits per heavy atom. The molecular weight excluding hydrogens is 268 g/mol. The number of methoxy groups -OCH3 is 2. The highest BCUT2D eigenvalue weighted by molar-refractivity contribution is 5.74. The van der Waals surface area contributed by atoms with Crippen molar-refractivity contribution in [1.82, 2.24) is 10.2 Å². The smallest absolute Gasteiger partial charge is 0.317 e. The number of hydrogen-bond acceptors (Lipinski definition) is 3. The van der Waals surface area contributed by atoms with Crippen LogP contribution in [0, 0.1) is 0 Å². The Hall–Kier alpha value is -1.59. The molecule has 1 saturated heterocycles. The molecule has 116 valence electrons. The van der Waals surface area contributed by atoms with Crippen LogP contribution in [0.2, 0.25) is 0 Å². The second-order valence-electron chi connectivity index (χ2n) is 5.27. The fourth-order valence-corrected chi connectivity index (χ4v) is 2.61. The Morgan fingerprint density at radius 1 is 1.19 bits per heavy atom. The molecule has 0 saturated carbocycles. The number of ether oxygens (including phenoxy) is 2. The highest BCUT2D eigenvalue weighted by Gasteiger charge is 2.35. The second-order valence-corrected chi connectivity index (χ2v) is 5.27. The summed E-state index contributed by atoms with van der Waals surface area (Å²) in [4.78, 5) is 13.9. The SMILES string of the molecule is COC1(OC)CCN(C(=O)NCCc2ccccc2)CC1. The molecule has 5 heteroatoms. The number of carbonyl (C=O) groups excluding carboxylic acids is 1. The number of amides is 2. The minimum atomic E-state index is -0.527. The lowest BCUT2D eigenvalue weighted by atomic mass is 10.0. The number of benzene rings is 1. The number of hydrogen-bond donors (Lipinski definition) is 1. The van der Waals surface area contributed by atoms with Gasteiger partial charge in [-0.15, -0.1) is 0 Å². The van der Waals surface area contributed by atoms with Crippen LogP contribution in [0.4, 0.5) is 4.79 Å². The zero-order valence-electron chi connectivity index (χ0n) is 12.8. The van der Waals surface area contributed by atoms with Crippen LogP contribution < -0.4 is 5.32 Å². The average molecular weight is 292 g/mol. The van der Waals surface area contributed by atoms with Crippen LogP contribution >= 0.6 is 0 Å². The van der Waals surface area contributed by atoms with Gasteiger partial charge >= 0.3 is 6.03 Å². The first-order valence-corrected chi connectivity index (χ1v) is 7.36. The van der Waals surface area contributed by atoms with E-state index < -0.39 is 5.79 Å². The summed E-state index contributed by atoms with van der Waals surface area (Å²) >= 11 is 0. The normalized spacial score (nSPS) is 17.5. The van der Waals surface area contributed by atoms with Crippen molar-refractivity contribution in [2.24, 2.45) is 0 Å². The molecule has 5 nitrogen and oxygen atoms in total. The maximum atomic E-state index is 12.1. The first-order chi connectivity index (χ1) is 10.2. The largest absolute Gasteiger partial charge is 0.353 e. The van der Waals surface area contributed by atoms with Gasteiger partial charge in [-0.3, -0.25) is 0 Å². The first kappa shape index (κ1) is 15.8. The van der Waals surface area contributed by atoms with Crippen molar-refractivity contribution in [3.05, 3.63) is 35.9 Å². The quantitative estimate of drug-likeness (QED) is 0.845. The van der Waals surface area contributed by atoms with Gasteiger partial charge in [0.2, 0.25) is 0 Å². The van der Waals surface area contributed by atoms with E-state index in [9.17, 15) is 4.79 Å². The van der Waals surface area contributed by atoms with E-state index in [0.29, 0.717) is 32.5 Å². The molecule has 21 heavy (non-hydrogen) atoms. The molecule has 1 heterocycles. The monoisotopic (exact) mass is 292 g/mol. The fraction of sp³-hybridized carbons (Fsp3) is 0.562. The molecule has 2 rings (SSSR count). The van der Waals surface area contributed by atoms with Crippen molar-refractivity contribution in [3.8, 4) is 0 Å². The molecule has 1 fully saturated rings. The molecule has 0 atom stereocenters. The van der Waals surface area contributed by atoms with E-state index in [1.807, 2.05) is 23.1 Å². The molecule has 1 aliphatic rings. The molecule has 0 aliphatic carbocycles. The van der Waals surface area contributed by atoms with Gasteiger partial charge in [0.15, 0.2) is 5.79 Å². The summed E-state index contributed by atoms with van der Waals surface area (Å²) in [7, 11) is 3.30. The third-order valence-electron chi connectivity index (χ3n) is 4.09. The van der Waals surface area contributed by atoms with Crippen LogP contribution in [0.5, 0.6) is 0 Å². The molecule has 0 unspecified atom stereocenters. The minimum Gasteiger partial charge on any atom is -0.353 e. The van der Waals surface area contributed by atoms with E-state index >= 15 is 0 Å². The molecule has 1 N–H and O–H groups in total. The van der Waals surface area contributed by atoms with E-state index in [4.69, 9.17) is 9.47 Å². The lowest BCUT2D eigenvalue weighted by Crippen LogP contribution is -2.51. The Morgan fingerprint density at radius 2 is 1.81 bits per heavy atom. The summed E-state index contributed by atoms with van der Waals surface area (Å²) in [5.41, 5.74) is 1.23. The van der Waals surface area contributed by atoms with E-state index in [0.717, 1.165) is 6.42 Å². The van der Waals surface area contributed by atoms with Gasteiger partial charge in [0, 0.05) is 46.7 Å². The summed E-state index contributed by atoms with van der Waals surface area (Å²) in [5, 5.41) is 2.97. The topological polar surface area (TPSA) is 50.8 Å². The van der Waals surface area contributed by atoms with Crippen molar-refractivity contribution in [3.63, 3.8) is 0 Å². The predicted octanol–water partition coefficient (Wildman–Crippen LogP) is 2.02. The minimum absolute atomic E-state index is 0.00765. The van der Waals surface area contributed by atoms with Gasteiger partial charge in [-0.2, -0.15) is 0 Å². The van der Waals surface area contributed by atoms with Crippen molar-refractivity contribution in [2.45, 2.75) is 25.0 Å². The molecule has 0 radical (unpaired) electrons. The Balaban J connectivity index is 1.73. The third-order valence-corrected chi connectivity index (χ3v) is 4.09. The van der Waals surface area contributed by atoms with Gasteiger partial charge in [0.25, 0.3) is 0 Å². The van der Waals surface area contributed by atoms with E-state index in [1.54, 1.807) is 14.2 Å². The summed E-state index contributed by atoms with van der Waals surface area (Å²) in [6, 6.07) is 10.1. The average Bonchev–Trinajstić information content (AvgIpc) is 2.56. The molecule has 1 aromatic rings. The number of urea groups is 1. The van der Waals surface area contributed by atoms with Crippen molar-refractivity contribution < 1.29 is 14.3 Å². The van der Waals surface area contributed by atoms with Crippen molar-refractivity contribution >= 4 is 6.03 Å². The number of nitrogens with zero attached hydrogens (tertiary/aromatic N) is 1. The van der Waals surface area contributed by atoms with Crippen LogP contribution in [0.3, 0.4) is 0 Å². The van der Waals surface area contributed by atoms with E-state index in [2.05, 4.69) is 17.4 Å². The molecule has 0 bridgehead atoms. The van der Waals surface area contributed by atoms with Gasteiger partial charge < -0.3 is 19.7 Å². The van der Waals surface area contributed by atoms with Crippen molar-refractivity contribution in [1.29, 1.82) is 0 Å². The van der Waals surface area contributed by atoms with Crippen LogP contribution in [-0.4, -0.2) is 50.6 Å². The zero-order chi connectivity index (χ0) is 15.1. The summed E-state index contributed by atoms with van der Waals surface area (Å²) in [6.45, 7) is 1.96. The number of piperidine rings is 1. The number of carbonyl (C=O) groups is 1. The van der Waals surface area contributed by atoms with Gasteiger partial charge in [-0.25, -0.2) is 4.79 Å². The number of nitrogens with one attached hydrogen (secondary N) is 1. The predicted molar refractivity (Wildman–Crippen MR) is 81.1 cm³/mol. The Kier molecular flexibility index (Phi) is 5.59. The Labute approximate surface area is 126 Å². The zero-order valence-corrected chi connectivity index (χ0v) is 12.8. The summed E-state index contributed by atoms with van der Waals surface area (Å²) in [5.74, 6) is -0.527. The number of likely N-dealkylation sites (tertiary alicyclic amines) is 1. The molecule has 1 aliphatic heterocycles. The first-order valence-electron chi connectivity index (χ1n) is 7.36. The Bertz CT molecular complexity index is 436. The molecule has 0 aromatic heterocycles. The van der Waals surface area contributed by atoms with Crippen molar-refractivity contribution in [2.75, 3.05) is 33.9 Å². The fourth-order valence-electron chi connectivity index (χ4n) is 2.61. The summed E-state index contributed by atoms with van der Waals surface area (Å²) < 4.78 is 10.8. The van der Waals surface area contributed by atoms with Crippen LogP contribution in [-0.2, 0) is 15.9 Å². The maximum absolute atomic E-state index is 12.1. The summed E-state index contributed by atoms with van der Waals surface area (Å²) in [6.07, 6.45) is 2.25. The lowest BCUT2D eigenvalue weighted by Gasteiger charge is -2.39. The van der Waals surface area contributed by atoms with Crippen LogP contribution in [0.25, 0.3) is 0 Å². The molecule has 1 aromatic carbocycles. The van der Waals surface area contributed by atoms with Crippen LogP contribution in [0.1, 0.15) is 18.4 Å². The molecule has 2 amide bonds. The third kappa shape index (κ3) is 4.19. The molecule has 0 spiro atoms. The standard InChI is InChI=1S/C16H24N2O3/c1-20-16(21-2)9-12-18(13-10-16)15(19)17-11-8-14-6-4-3-5-7-14/h3-7H,8-13H2,1-2H3,(H,17,19). The van der Waals surface area contributed by atoms with Gasteiger partial charge in [-0.1, -0.05) is 30.3 Å². The van der Waals surface area contributed by atoms with Gasteiger partial charge in [-0.05, 0) is 12.0 Å². The van der Waals surface area contributed by atoms with Gasteiger partial charge in [0.1, 0.15) is 0 Å². The number of rotatable bonds is 5. The lowest BCUT2D eigenvalue weighted by molar-refractivity contribution is -0.226. The van der Waals surface area contributed by atoms with E-state index in [-0.39, 0.29) is 6.03 Å². The highest BCUT2D eigenvalue weighted by atomic mass is 16.7.